The fraction of sp³-hybridized carbons (Fsp3) is 0.444. The Labute approximate surface area is 235 Å². The van der Waals surface area contributed by atoms with Crippen LogP contribution in [0, 0.1) is 0 Å². The van der Waals surface area contributed by atoms with Crippen LogP contribution in [0.3, 0.4) is 0 Å². The Bertz CT molecular complexity index is 1500. The van der Waals surface area contributed by atoms with Gasteiger partial charge in [-0.15, -0.1) is 0 Å². The van der Waals surface area contributed by atoms with E-state index in [4.69, 9.17) is 13.9 Å². The van der Waals surface area contributed by atoms with E-state index in [1.807, 2.05) is 0 Å². The number of hydrogen-bond acceptors (Lipinski definition) is 15. The second-order valence-corrected chi connectivity index (χ2v) is 10.3. The first-order valence-corrected chi connectivity index (χ1v) is 12.9. The summed E-state index contributed by atoms with van der Waals surface area (Å²) in [6.45, 7) is -1.70. The van der Waals surface area contributed by atoms with Crippen molar-refractivity contribution in [3.63, 3.8) is 0 Å². The number of aromatic hydroxyl groups is 3. The van der Waals surface area contributed by atoms with Crippen LogP contribution in [0.2, 0.25) is 0 Å². The molecule has 1 aromatic heterocycles. The predicted octanol–water partition coefficient (Wildman–Crippen LogP) is -2.39. The smallest absolute Gasteiger partial charge is 0.204 e. The maximum absolute atomic E-state index is 13.8. The third-order valence-electron chi connectivity index (χ3n) is 7.77. The molecule has 5 rings (SSSR count). The lowest BCUT2D eigenvalue weighted by molar-refractivity contribution is -0.234. The average molecular weight is 595 g/mol. The van der Waals surface area contributed by atoms with Crippen LogP contribution in [0.1, 0.15) is 23.3 Å². The third-order valence-corrected chi connectivity index (χ3v) is 7.77. The molecule has 15 nitrogen and oxygen atoms in total. The van der Waals surface area contributed by atoms with Crippen LogP contribution in [0.15, 0.2) is 39.7 Å². The quantitative estimate of drug-likeness (QED) is 0.147. The first-order valence-electron chi connectivity index (χ1n) is 12.9. The van der Waals surface area contributed by atoms with Crippen LogP contribution >= 0.6 is 0 Å². The standard InChI is InChI=1S/C27H30O15/c28-5-11-17(32)21(36)23(38)26(41-11)14-19(34)13-16(31)10(8-1-3-9(30)4-2-8)7-40-25(13)15(20(14)35)27-24(39)22(37)18(33)12(6-29)42-27/h1-4,7,11-12,17-18,21-24,26-30,32-39H,5-6H2. The largest absolute Gasteiger partial charge is 0.508 e. The number of aliphatic hydroxyl groups excluding tert-OH is 8. The van der Waals surface area contributed by atoms with Gasteiger partial charge in [-0.1, -0.05) is 12.1 Å². The summed E-state index contributed by atoms with van der Waals surface area (Å²) in [5.41, 5.74) is -2.63. The number of phenols is 3. The molecule has 11 N–H and O–H groups in total. The number of rotatable bonds is 5. The van der Waals surface area contributed by atoms with Crippen molar-refractivity contribution in [2.24, 2.45) is 0 Å². The van der Waals surface area contributed by atoms with Crippen molar-refractivity contribution in [3.05, 3.63) is 51.9 Å². The normalized spacial score (nSPS) is 33.6. The highest BCUT2D eigenvalue weighted by Crippen LogP contribution is 2.50. The second kappa shape index (κ2) is 11.4. The molecular weight excluding hydrogens is 564 g/mol. The Kier molecular flexibility index (Phi) is 8.16. The minimum atomic E-state index is -2.04. The van der Waals surface area contributed by atoms with E-state index in [-0.39, 0.29) is 16.9 Å². The van der Waals surface area contributed by atoms with Crippen molar-refractivity contribution in [3.8, 4) is 28.4 Å². The first-order chi connectivity index (χ1) is 19.9. The van der Waals surface area contributed by atoms with E-state index in [2.05, 4.69) is 0 Å². The van der Waals surface area contributed by atoms with Gasteiger partial charge >= 0.3 is 0 Å². The summed E-state index contributed by atoms with van der Waals surface area (Å²) in [4.78, 5) is 13.8. The van der Waals surface area contributed by atoms with E-state index >= 15 is 0 Å². The Balaban J connectivity index is 1.82. The highest BCUT2D eigenvalue weighted by molar-refractivity contribution is 5.93. The molecule has 2 aliphatic heterocycles. The molecule has 42 heavy (non-hydrogen) atoms. The molecule has 10 unspecified atom stereocenters. The zero-order valence-electron chi connectivity index (χ0n) is 21.6. The Morgan fingerprint density at radius 2 is 1.14 bits per heavy atom. The number of aliphatic hydroxyl groups is 8. The van der Waals surface area contributed by atoms with Crippen molar-refractivity contribution >= 4 is 11.0 Å². The number of hydrogen-bond donors (Lipinski definition) is 11. The predicted molar refractivity (Wildman–Crippen MR) is 138 cm³/mol. The van der Waals surface area contributed by atoms with Crippen molar-refractivity contribution in [1.82, 2.24) is 0 Å². The van der Waals surface area contributed by atoms with Gasteiger partial charge in [-0.05, 0) is 17.7 Å². The van der Waals surface area contributed by atoms with Crippen molar-refractivity contribution in [1.29, 1.82) is 0 Å². The summed E-state index contributed by atoms with van der Waals surface area (Å²) in [7, 11) is 0. The molecule has 0 spiro atoms. The van der Waals surface area contributed by atoms with Gasteiger partial charge in [0.25, 0.3) is 0 Å². The lowest BCUT2D eigenvalue weighted by atomic mass is 9.85. The van der Waals surface area contributed by atoms with Gasteiger partial charge in [-0.2, -0.15) is 0 Å². The molecule has 2 saturated heterocycles. The molecule has 0 saturated carbocycles. The van der Waals surface area contributed by atoms with Gasteiger partial charge in [-0.25, -0.2) is 0 Å². The summed E-state index contributed by atoms with van der Waals surface area (Å²) in [5.74, 6) is -2.09. The van der Waals surface area contributed by atoms with Gasteiger partial charge in [-0.3, -0.25) is 4.79 Å². The van der Waals surface area contributed by atoms with Crippen LogP contribution in [-0.4, -0.2) is 118 Å². The van der Waals surface area contributed by atoms with Crippen LogP contribution in [-0.2, 0) is 9.47 Å². The molecule has 0 amide bonds. The molecule has 0 bridgehead atoms. The van der Waals surface area contributed by atoms with E-state index < -0.39 is 113 Å². The minimum absolute atomic E-state index is 0.105. The summed E-state index contributed by atoms with van der Waals surface area (Å²) in [6, 6.07) is 5.33. The number of ether oxygens (including phenoxy) is 2. The minimum Gasteiger partial charge on any atom is -0.508 e. The van der Waals surface area contributed by atoms with Crippen LogP contribution < -0.4 is 5.43 Å². The van der Waals surface area contributed by atoms with Crippen LogP contribution in [0.25, 0.3) is 22.1 Å². The SMILES string of the molecule is O=c1c(-c2ccc(O)cc2)coc2c(C3OC(CO)C(O)C(O)C3O)c(O)c(C3OC(CO)C(O)C(O)C3O)c(O)c12. The Morgan fingerprint density at radius 3 is 1.64 bits per heavy atom. The van der Waals surface area contributed by atoms with Crippen molar-refractivity contribution in [2.45, 2.75) is 61.0 Å². The monoisotopic (exact) mass is 594 g/mol. The fourth-order valence-electron chi connectivity index (χ4n) is 5.43. The van der Waals surface area contributed by atoms with E-state index in [0.717, 1.165) is 6.26 Å². The van der Waals surface area contributed by atoms with Gasteiger partial charge in [0.05, 0.1) is 29.9 Å². The Hall–Kier alpha value is -3.35. The molecule has 2 aromatic carbocycles. The molecule has 3 aromatic rings. The zero-order chi connectivity index (χ0) is 30.6. The molecule has 15 heteroatoms. The van der Waals surface area contributed by atoms with Gasteiger partial charge in [0.2, 0.25) is 5.43 Å². The van der Waals surface area contributed by atoms with E-state index in [1.54, 1.807) is 0 Å². The molecule has 3 heterocycles. The number of fused-ring (bicyclic) bond motifs is 1. The van der Waals surface area contributed by atoms with Gasteiger partial charge in [0.1, 0.15) is 89.9 Å². The first kappa shape index (κ1) is 30.1. The molecule has 228 valence electrons. The summed E-state index contributed by atoms with van der Waals surface area (Å²) < 4.78 is 16.8. The molecule has 2 aliphatic rings. The second-order valence-electron chi connectivity index (χ2n) is 10.3. The Morgan fingerprint density at radius 1 is 0.643 bits per heavy atom. The molecular formula is C27H30O15. The maximum Gasteiger partial charge on any atom is 0.204 e. The average Bonchev–Trinajstić information content (AvgIpc) is 2.97. The van der Waals surface area contributed by atoms with Crippen molar-refractivity contribution in [2.75, 3.05) is 13.2 Å². The fourth-order valence-corrected chi connectivity index (χ4v) is 5.43. The van der Waals surface area contributed by atoms with E-state index in [1.165, 1.54) is 24.3 Å². The summed E-state index contributed by atoms with van der Waals surface area (Å²) in [6.07, 6.45) is -17.2. The van der Waals surface area contributed by atoms with Crippen molar-refractivity contribution < 1.29 is 70.1 Å². The lowest BCUT2D eigenvalue weighted by Gasteiger charge is -2.42. The molecule has 10 atom stereocenters. The molecule has 0 radical (unpaired) electrons. The van der Waals surface area contributed by atoms with E-state index in [0.29, 0.717) is 0 Å². The maximum atomic E-state index is 13.8. The van der Waals surface area contributed by atoms with Gasteiger partial charge in [0, 0.05) is 0 Å². The molecule has 0 aliphatic carbocycles. The summed E-state index contributed by atoms with van der Waals surface area (Å²) >= 11 is 0. The highest BCUT2D eigenvalue weighted by atomic mass is 16.6. The lowest BCUT2D eigenvalue weighted by Crippen LogP contribution is -2.55. The third kappa shape index (κ3) is 4.69. The number of phenolic OH excluding ortho intramolecular Hbond substituents is 3. The summed E-state index contributed by atoms with van der Waals surface area (Å²) in [5, 5.41) is 114. The van der Waals surface area contributed by atoms with Gasteiger partial charge in [0.15, 0.2) is 5.58 Å². The topological polar surface area (TPSA) is 271 Å². The van der Waals surface area contributed by atoms with Crippen LogP contribution in [0.4, 0.5) is 0 Å². The number of benzene rings is 2. The molecule has 2 fully saturated rings. The van der Waals surface area contributed by atoms with Gasteiger partial charge < -0.3 is 70.1 Å². The highest BCUT2D eigenvalue weighted by Gasteiger charge is 2.50. The van der Waals surface area contributed by atoms with E-state index in [9.17, 15) is 61.0 Å². The zero-order valence-corrected chi connectivity index (χ0v) is 21.6. The van der Waals surface area contributed by atoms with Crippen LogP contribution in [0.5, 0.6) is 17.2 Å².